The fraction of sp³-hybridized carbons (Fsp3) is 0.182. The van der Waals surface area contributed by atoms with E-state index in [-0.39, 0.29) is 18.1 Å². The first-order valence-corrected chi connectivity index (χ1v) is 8.59. The average molecular weight is 347 g/mol. The smallest absolute Gasteiger partial charge is 0.187 e. The second kappa shape index (κ2) is 8.92. The molecule has 1 N–H and O–H groups in total. The number of phenolic OH excluding ortho intramolecular Hbond substituents is 1. The standard InChI is InChI=1S/C22H21NO3/c24-21(20-12-11-18-9-4-5-10-19(18)22(20)25)15-23-13-6-14-26-16-17-7-2-1-3-8-17/h1-5,7-13,25H,6,14-16H2. The molecule has 0 radical (unpaired) electrons. The SMILES string of the molecule is O=C(CN=CCCOCc1ccccc1)c1ccc2ccccc2c1O. The van der Waals surface area contributed by atoms with Crippen LogP contribution < -0.4 is 0 Å². The molecule has 4 nitrogen and oxygen atoms in total. The van der Waals surface area contributed by atoms with Crippen molar-refractivity contribution >= 4 is 22.8 Å². The topological polar surface area (TPSA) is 58.9 Å². The van der Waals surface area contributed by atoms with Crippen molar-refractivity contribution in [2.75, 3.05) is 13.2 Å². The molecule has 0 fully saturated rings. The van der Waals surface area contributed by atoms with Crippen LogP contribution in [-0.4, -0.2) is 30.3 Å². The molecule has 0 amide bonds. The number of benzene rings is 3. The molecule has 0 unspecified atom stereocenters. The largest absolute Gasteiger partial charge is 0.507 e. The van der Waals surface area contributed by atoms with Crippen LogP contribution in [0.3, 0.4) is 0 Å². The van der Waals surface area contributed by atoms with Crippen LogP contribution in [0.4, 0.5) is 0 Å². The first-order valence-electron chi connectivity index (χ1n) is 8.59. The van der Waals surface area contributed by atoms with E-state index in [0.717, 1.165) is 10.9 Å². The molecular weight excluding hydrogens is 326 g/mol. The first-order chi connectivity index (χ1) is 12.8. The molecule has 0 atom stereocenters. The molecule has 0 bridgehead atoms. The number of phenols is 1. The van der Waals surface area contributed by atoms with Gasteiger partial charge in [-0.05, 0) is 17.0 Å². The minimum Gasteiger partial charge on any atom is -0.507 e. The number of aliphatic imine (C=N–C) groups is 1. The van der Waals surface area contributed by atoms with Gasteiger partial charge in [0.25, 0.3) is 0 Å². The second-order valence-corrected chi connectivity index (χ2v) is 5.96. The van der Waals surface area contributed by atoms with E-state index in [4.69, 9.17) is 4.74 Å². The van der Waals surface area contributed by atoms with Crippen molar-refractivity contribution in [1.29, 1.82) is 0 Å². The highest BCUT2D eigenvalue weighted by molar-refractivity contribution is 6.05. The molecule has 0 heterocycles. The van der Waals surface area contributed by atoms with Gasteiger partial charge < -0.3 is 9.84 Å². The number of nitrogens with zero attached hydrogens (tertiary/aromatic N) is 1. The summed E-state index contributed by atoms with van der Waals surface area (Å²) in [5.74, 6) is -0.177. The maximum Gasteiger partial charge on any atom is 0.187 e. The minimum absolute atomic E-state index is 0.0184. The van der Waals surface area contributed by atoms with Crippen LogP contribution in [0.2, 0.25) is 0 Å². The number of hydrogen-bond donors (Lipinski definition) is 1. The molecule has 3 aromatic carbocycles. The number of ketones is 1. The fourth-order valence-corrected chi connectivity index (χ4v) is 2.70. The van der Waals surface area contributed by atoms with Gasteiger partial charge in [-0.3, -0.25) is 9.79 Å². The Morgan fingerprint density at radius 1 is 1.00 bits per heavy atom. The second-order valence-electron chi connectivity index (χ2n) is 5.96. The molecule has 132 valence electrons. The van der Waals surface area contributed by atoms with E-state index in [9.17, 15) is 9.90 Å². The molecule has 4 heteroatoms. The van der Waals surface area contributed by atoms with Crippen molar-refractivity contribution in [2.24, 2.45) is 4.99 Å². The predicted octanol–water partition coefficient (Wildman–Crippen LogP) is 4.41. The van der Waals surface area contributed by atoms with Crippen molar-refractivity contribution in [3.63, 3.8) is 0 Å². The highest BCUT2D eigenvalue weighted by Gasteiger charge is 2.12. The number of rotatable bonds is 8. The number of carbonyl (C=O) groups is 1. The maximum absolute atomic E-state index is 12.3. The van der Waals surface area contributed by atoms with Gasteiger partial charge in [-0.1, -0.05) is 60.7 Å². The van der Waals surface area contributed by atoms with Gasteiger partial charge in [0.05, 0.1) is 18.8 Å². The molecule has 0 saturated carbocycles. The molecule has 0 aromatic heterocycles. The third-order valence-corrected chi connectivity index (χ3v) is 4.07. The van der Waals surface area contributed by atoms with E-state index in [1.165, 1.54) is 0 Å². The summed E-state index contributed by atoms with van der Waals surface area (Å²) >= 11 is 0. The fourth-order valence-electron chi connectivity index (χ4n) is 2.70. The zero-order chi connectivity index (χ0) is 18.2. The summed E-state index contributed by atoms with van der Waals surface area (Å²) < 4.78 is 5.56. The molecule has 0 aliphatic heterocycles. The van der Waals surface area contributed by atoms with E-state index < -0.39 is 0 Å². The normalized spacial score (nSPS) is 11.2. The van der Waals surface area contributed by atoms with Crippen molar-refractivity contribution in [1.82, 2.24) is 0 Å². The van der Waals surface area contributed by atoms with Gasteiger partial charge in [-0.15, -0.1) is 0 Å². The van der Waals surface area contributed by atoms with Crippen LogP contribution in [0.25, 0.3) is 10.8 Å². The Hall–Kier alpha value is -2.98. The first kappa shape index (κ1) is 17.8. The lowest BCUT2D eigenvalue weighted by Gasteiger charge is -2.06. The van der Waals surface area contributed by atoms with Crippen LogP contribution in [0, 0.1) is 0 Å². The zero-order valence-electron chi connectivity index (χ0n) is 14.5. The molecule has 26 heavy (non-hydrogen) atoms. The summed E-state index contributed by atoms with van der Waals surface area (Å²) in [7, 11) is 0. The van der Waals surface area contributed by atoms with Crippen molar-refractivity contribution in [2.45, 2.75) is 13.0 Å². The number of fused-ring (bicyclic) bond motifs is 1. The Labute approximate surface area is 152 Å². The van der Waals surface area contributed by atoms with E-state index in [0.29, 0.717) is 30.6 Å². The summed E-state index contributed by atoms with van der Waals surface area (Å²) in [5.41, 5.74) is 1.44. The summed E-state index contributed by atoms with van der Waals surface area (Å²) in [4.78, 5) is 16.4. The van der Waals surface area contributed by atoms with Crippen molar-refractivity contribution in [3.05, 3.63) is 77.9 Å². The molecule has 0 spiro atoms. The van der Waals surface area contributed by atoms with Crippen LogP contribution in [0.5, 0.6) is 5.75 Å². The summed E-state index contributed by atoms with van der Waals surface area (Å²) in [6, 6.07) is 20.9. The van der Waals surface area contributed by atoms with Gasteiger partial charge in [-0.2, -0.15) is 0 Å². The number of hydrogen-bond acceptors (Lipinski definition) is 4. The van der Waals surface area contributed by atoms with E-state index in [1.807, 2.05) is 54.6 Å². The minimum atomic E-state index is -0.199. The molecule has 3 aromatic rings. The molecular formula is C22H21NO3. The highest BCUT2D eigenvalue weighted by atomic mass is 16.5. The quantitative estimate of drug-likeness (QED) is 0.373. The molecule has 0 saturated heterocycles. The Bertz CT molecular complexity index is 904. The van der Waals surface area contributed by atoms with Gasteiger partial charge in [0, 0.05) is 18.0 Å². The predicted molar refractivity (Wildman–Crippen MR) is 104 cm³/mol. The lowest BCUT2D eigenvalue weighted by Crippen LogP contribution is -2.04. The Balaban J connectivity index is 1.46. The number of ether oxygens (including phenoxy) is 1. The summed E-state index contributed by atoms with van der Waals surface area (Å²) in [6.45, 7) is 1.14. The average Bonchev–Trinajstić information content (AvgIpc) is 2.68. The number of carbonyl (C=O) groups excluding carboxylic acids is 1. The van der Waals surface area contributed by atoms with Crippen LogP contribution in [-0.2, 0) is 11.3 Å². The Morgan fingerprint density at radius 3 is 2.62 bits per heavy atom. The van der Waals surface area contributed by atoms with Crippen LogP contribution >= 0.6 is 0 Å². The third kappa shape index (κ3) is 4.55. The molecule has 3 rings (SSSR count). The lowest BCUT2D eigenvalue weighted by molar-refractivity contribution is 0.0999. The summed E-state index contributed by atoms with van der Waals surface area (Å²) in [6.07, 6.45) is 2.34. The lowest BCUT2D eigenvalue weighted by atomic mass is 10.0. The Kier molecular flexibility index (Phi) is 6.12. The number of aromatic hydroxyl groups is 1. The maximum atomic E-state index is 12.3. The highest BCUT2D eigenvalue weighted by Crippen LogP contribution is 2.28. The van der Waals surface area contributed by atoms with E-state index in [2.05, 4.69) is 4.99 Å². The molecule has 0 aliphatic carbocycles. The molecule has 0 aliphatic rings. The van der Waals surface area contributed by atoms with Crippen molar-refractivity contribution < 1.29 is 14.6 Å². The van der Waals surface area contributed by atoms with Crippen molar-refractivity contribution in [3.8, 4) is 5.75 Å². The zero-order valence-corrected chi connectivity index (χ0v) is 14.5. The van der Waals surface area contributed by atoms with Gasteiger partial charge in [0.15, 0.2) is 5.78 Å². The van der Waals surface area contributed by atoms with Crippen LogP contribution in [0.15, 0.2) is 71.7 Å². The summed E-state index contributed by atoms with van der Waals surface area (Å²) in [5, 5.41) is 11.9. The van der Waals surface area contributed by atoms with Gasteiger partial charge in [0.1, 0.15) is 12.3 Å². The Morgan fingerprint density at radius 2 is 1.77 bits per heavy atom. The third-order valence-electron chi connectivity index (χ3n) is 4.07. The van der Waals surface area contributed by atoms with E-state index in [1.54, 1.807) is 18.3 Å². The monoisotopic (exact) mass is 347 g/mol. The van der Waals surface area contributed by atoms with E-state index >= 15 is 0 Å². The van der Waals surface area contributed by atoms with Crippen LogP contribution in [0.1, 0.15) is 22.3 Å². The number of Topliss-reactive ketones (excluding diaryl/α,β-unsaturated/α-hetero) is 1. The van der Waals surface area contributed by atoms with Gasteiger partial charge >= 0.3 is 0 Å². The van der Waals surface area contributed by atoms with Gasteiger partial charge in [-0.25, -0.2) is 0 Å². The van der Waals surface area contributed by atoms with Gasteiger partial charge in [0.2, 0.25) is 0 Å².